The molecule has 0 amide bonds. The van der Waals surface area contributed by atoms with Crippen LogP contribution in [0.3, 0.4) is 0 Å². The Bertz CT molecular complexity index is 707. The van der Waals surface area contributed by atoms with Gasteiger partial charge in [0.25, 0.3) is 0 Å². The van der Waals surface area contributed by atoms with Crippen molar-refractivity contribution in [1.29, 1.82) is 0 Å². The first kappa shape index (κ1) is 15.0. The molecule has 0 spiro atoms. The van der Waals surface area contributed by atoms with Crippen molar-refractivity contribution in [3.05, 3.63) is 23.4 Å². The van der Waals surface area contributed by atoms with Gasteiger partial charge in [-0.1, -0.05) is 13.3 Å². The number of fused-ring (bicyclic) bond motifs is 3. The zero-order valence-corrected chi connectivity index (χ0v) is 12.1. The van der Waals surface area contributed by atoms with Gasteiger partial charge >= 0.3 is 6.36 Å². The van der Waals surface area contributed by atoms with Crippen LogP contribution in [0, 0.1) is 0 Å². The lowest BCUT2D eigenvalue weighted by Gasteiger charge is -2.17. The Morgan fingerprint density at radius 1 is 1.36 bits per heavy atom. The molecule has 1 aliphatic heterocycles. The summed E-state index contributed by atoms with van der Waals surface area (Å²) in [4.78, 5) is 0. The second-order valence-corrected chi connectivity index (χ2v) is 5.41. The first-order valence-electron chi connectivity index (χ1n) is 7.24. The maximum Gasteiger partial charge on any atom is 0.573 e. The molecule has 1 aliphatic rings. The summed E-state index contributed by atoms with van der Waals surface area (Å²) in [6, 6.07) is 3.22. The summed E-state index contributed by atoms with van der Waals surface area (Å²) in [5.74, 6) is -0.485. The lowest BCUT2D eigenvalue weighted by atomic mass is 10.0. The monoisotopic (exact) mass is 314 g/mol. The van der Waals surface area contributed by atoms with E-state index < -0.39 is 6.36 Å². The molecule has 2 heterocycles. The van der Waals surface area contributed by atoms with E-state index in [0.29, 0.717) is 31.4 Å². The summed E-state index contributed by atoms with van der Waals surface area (Å²) in [7, 11) is 0. The van der Waals surface area contributed by atoms with Crippen LogP contribution in [0.25, 0.3) is 10.8 Å². The Kier molecular flexibility index (Phi) is 3.68. The molecule has 1 aromatic heterocycles. The molecule has 0 saturated carbocycles. The van der Waals surface area contributed by atoms with E-state index in [1.807, 2.05) is 13.0 Å². The SMILES string of the molecule is CCCc1cc(OC(F)(F)F)c2c(O)n3c(c2c1)CNCC3. The number of halogens is 3. The zero-order chi connectivity index (χ0) is 15.9. The highest BCUT2D eigenvalue weighted by Gasteiger charge is 2.33. The van der Waals surface area contributed by atoms with Gasteiger partial charge in [-0.25, -0.2) is 0 Å². The lowest BCUT2D eigenvalue weighted by molar-refractivity contribution is -0.274. The van der Waals surface area contributed by atoms with Crippen LogP contribution in [-0.4, -0.2) is 22.6 Å². The molecule has 1 aromatic carbocycles. The molecule has 4 nitrogen and oxygen atoms in total. The molecule has 0 fully saturated rings. The third-order valence-electron chi connectivity index (χ3n) is 3.85. The number of alkyl halides is 3. The number of hydrogen-bond donors (Lipinski definition) is 2. The van der Waals surface area contributed by atoms with Crippen molar-refractivity contribution in [3.63, 3.8) is 0 Å². The maximum atomic E-state index is 12.7. The van der Waals surface area contributed by atoms with Gasteiger partial charge in [-0.3, -0.25) is 0 Å². The van der Waals surface area contributed by atoms with E-state index in [1.165, 1.54) is 6.07 Å². The summed E-state index contributed by atoms with van der Waals surface area (Å²) >= 11 is 0. The van der Waals surface area contributed by atoms with Crippen LogP contribution in [0.15, 0.2) is 12.1 Å². The molecule has 3 rings (SSSR count). The van der Waals surface area contributed by atoms with E-state index in [0.717, 1.165) is 17.7 Å². The summed E-state index contributed by atoms with van der Waals surface area (Å²) in [5, 5.41) is 14.2. The van der Waals surface area contributed by atoms with Crippen molar-refractivity contribution in [2.24, 2.45) is 0 Å². The highest BCUT2D eigenvalue weighted by Crippen LogP contribution is 2.41. The summed E-state index contributed by atoms with van der Waals surface area (Å²) in [5.41, 5.74) is 1.57. The average Bonchev–Trinajstić information content (AvgIpc) is 2.72. The van der Waals surface area contributed by atoms with Crippen LogP contribution in [-0.2, 0) is 19.5 Å². The highest BCUT2D eigenvalue weighted by molar-refractivity contribution is 5.96. The molecular weight excluding hydrogens is 297 g/mol. The van der Waals surface area contributed by atoms with Crippen LogP contribution in [0.2, 0.25) is 0 Å². The predicted molar refractivity (Wildman–Crippen MR) is 76.0 cm³/mol. The number of benzene rings is 1. The number of aromatic hydroxyl groups is 1. The Hall–Kier alpha value is -1.89. The number of aromatic nitrogens is 1. The predicted octanol–water partition coefficient (Wildman–Crippen LogP) is 3.30. The van der Waals surface area contributed by atoms with Crippen molar-refractivity contribution in [3.8, 4) is 11.6 Å². The number of hydrogen-bond acceptors (Lipinski definition) is 3. The molecule has 22 heavy (non-hydrogen) atoms. The minimum atomic E-state index is -4.79. The van der Waals surface area contributed by atoms with Crippen molar-refractivity contribution >= 4 is 10.8 Å². The van der Waals surface area contributed by atoms with Crippen LogP contribution >= 0.6 is 0 Å². The molecule has 7 heteroatoms. The minimum Gasteiger partial charge on any atom is -0.494 e. The van der Waals surface area contributed by atoms with Gasteiger partial charge in [-0.15, -0.1) is 13.2 Å². The van der Waals surface area contributed by atoms with Crippen molar-refractivity contribution in [2.75, 3.05) is 6.54 Å². The maximum absolute atomic E-state index is 12.7. The topological polar surface area (TPSA) is 46.4 Å². The Balaban J connectivity index is 2.24. The van der Waals surface area contributed by atoms with Gasteiger partial charge in [0, 0.05) is 30.7 Å². The first-order chi connectivity index (χ1) is 10.4. The van der Waals surface area contributed by atoms with Crippen LogP contribution in [0.5, 0.6) is 11.6 Å². The van der Waals surface area contributed by atoms with E-state index in [-0.39, 0.29) is 17.0 Å². The smallest absolute Gasteiger partial charge is 0.494 e. The van der Waals surface area contributed by atoms with Gasteiger partial charge in [0.05, 0.1) is 5.39 Å². The van der Waals surface area contributed by atoms with Gasteiger partial charge in [0.2, 0.25) is 5.88 Å². The number of nitrogens with one attached hydrogen (secondary N) is 1. The molecule has 2 N–H and O–H groups in total. The van der Waals surface area contributed by atoms with Crippen molar-refractivity contribution < 1.29 is 23.0 Å². The molecule has 0 saturated heterocycles. The van der Waals surface area contributed by atoms with Gasteiger partial charge in [-0.05, 0) is 24.1 Å². The Morgan fingerprint density at radius 3 is 2.82 bits per heavy atom. The third kappa shape index (κ3) is 2.61. The molecule has 0 bridgehead atoms. The van der Waals surface area contributed by atoms with Crippen LogP contribution < -0.4 is 10.1 Å². The summed E-state index contributed by atoms with van der Waals surface area (Å²) in [6.07, 6.45) is -3.31. The Labute approximate surface area is 125 Å². The average molecular weight is 314 g/mol. The van der Waals surface area contributed by atoms with E-state index in [9.17, 15) is 18.3 Å². The molecule has 0 aliphatic carbocycles. The van der Waals surface area contributed by atoms with Gasteiger partial charge in [0.15, 0.2) is 0 Å². The number of nitrogens with zero attached hydrogens (tertiary/aromatic N) is 1. The summed E-state index contributed by atoms with van der Waals surface area (Å²) < 4.78 is 43.9. The van der Waals surface area contributed by atoms with Crippen molar-refractivity contribution in [1.82, 2.24) is 9.88 Å². The molecule has 2 aromatic rings. The Morgan fingerprint density at radius 2 is 2.14 bits per heavy atom. The largest absolute Gasteiger partial charge is 0.573 e. The number of ether oxygens (including phenoxy) is 1. The van der Waals surface area contributed by atoms with Gasteiger partial charge < -0.3 is 19.7 Å². The van der Waals surface area contributed by atoms with Crippen LogP contribution in [0.1, 0.15) is 24.6 Å². The fraction of sp³-hybridized carbons (Fsp3) is 0.467. The molecule has 120 valence electrons. The standard InChI is InChI=1S/C15H17F3N2O2/c1-2-3-9-6-10-11-8-19-4-5-20(11)14(21)13(10)12(7-9)22-15(16,17)18/h6-7,19,21H,2-5,8H2,1H3. The third-order valence-corrected chi connectivity index (χ3v) is 3.85. The molecule has 0 unspecified atom stereocenters. The number of rotatable bonds is 3. The van der Waals surface area contributed by atoms with E-state index in [2.05, 4.69) is 10.1 Å². The fourth-order valence-electron chi connectivity index (χ4n) is 3.01. The van der Waals surface area contributed by atoms with Gasteiger partial charge in [-0.2, -0.15) is 0 Å². The van der Waals surface area contributed by atoms with Gasteiger partial charge in [0.1, 0.15) is 5.75 Å². The zero-order valence-electron chi connectivity index (χ0n) is 12.1. The normalized spacial score (nSPS) is 15.1. The van der Waals surface area contributed by atoms with E-state index in [4.69, 9.17) is 0 Å². The van der Waals surface area contributed by atoms with Crippen molar-refractivity contribution in [2.45, 2.75) is 39.2 Å². The lowest BCUT2D eigenvalue weighted by Crippen LogP contribution is -2.27. The van der Waals surface area contributed by atoms with E-state index in [1.54, 1.807) is 4.57 Å². The minimum absolute atomic E-state index is 0.135. The fourth-order valence-corrected chi connectivity index (χ4v) is 3.01. The van der Waals surface area contributed by atoms with E-state index >= 15 is 0 Å². The second kappa shape index (κ2) is 5.39. The molecule has 0 radical (unpaired) electrons. The number of aryl methyl sites for hydroxylation is 1. The quantitative estimate of drug-likeness (QED) is 0.914. The summed E-state index contributed by atoms with van der Waals surface area (Å²) in [6.45, 7) is 3.66. The van der Waals surface area contributed by atoms with Crippen LogP contribution in [0.4, 0.5) is 13.2 Å². The first-order valence-corrected chi connectivity index (χ1v) is 7.24. The second-order valence-electron chi connectivity index (χ2n) is 5.41. The highest BCUT2D eigenvalue weighted by atomic mass is 19.4. The molecule has 0 atom stereocenters. The molecular formula is C15H17F3N2O2.